The molecule has 7 heteroatoms. The van der Waals surface area contributed by atoms with E-state index in [4.69, 9.17) is 4.74 Å². The van der Waals surface area contributed by atoms with Gasteiger partial charge < -0.3 is 10.1 Å². The smallest absolute Gasteiger partial charge is 0.230 e. The van der Waals surface area contributed by atoms with Crippen molar-refractivity contribution in [1.82, 2.24) is 20.5 Å². The fraction of sp³-hybridized carbons (Fsp3) is 0.438. The van der Waals surface area contributed by atoms with E-state index >= 15 is 0 Å². The van der Waals surface area contributed by atoms with Crippen molar-refractivity contribution >= 4 is 17.7 Å². The molecule has 0 bridgehead atoms. The maximum atomic E-state index is 11.8. The number of hydrogen-bond acceptors (Lipinski definition) is 5. The third-order valence-corrected chi connectivity index (χ3v) is 4.14. The van der Waals surface area contributed by atoms with E-state index in [1.807, 2.05) is 31.2 Å². The largest absolute Gasteiger partial charge is 0.497 e. The van der Waals surface area contributed by atoms with Crippen LogP contribution in [0.4, 0.5) is 0 Å². The highest BCUT2D eigenvalue weighted by Gasteiger charge is 2.10. The summed E-state index contributed by atoms with van der Waals surface area (Å²) in [5.74, 6) is 1.79. The van der Waals surface area contributed by atoms with Gasteiger partial charge in [0, 0.05) is 11.6 Å². The molecule has 0 saturated heterocycles. The van der Waals surface area contributed by atoms with E-state index < -0.39 is 0 Å². The summed E-state index contributed by atoms with van der Waals surface area (Å²) >= 11 is 1.32. The Kier molecular flexibility index (Phi) is 6.46. The minimum absolute atomic E-state index is 0.00625. The summed E-state index contributed by atoms with van der Waals surface area (Å²) in [6.07, 6.45) is 2.04. The van der Waals surface area contributed by atoms with Crippen LogP contribution in [-0.2, 0) is 4.79 Å². The van der Waals surface area contributed by atoms with E-state index in [9.17, 15) is 4.79 Å². The van der Waals surface area contributed by atoms with Crippen molar-refractivity contribution in [2.75, 3.05) is 12.9 Å². The predicted molar refractivity (Wildman–Crippen MR) is 91.6 cm³/mol. The average Bonchev–Trinajstić information content (AvgIpc) is 3.02. The van der Waals surface area contributed by atoms with Gasteiger partial charge in [-0.25, -0.2) is 4.98 Å². The molecule has 124 valence electrons. The van der Waals surface area contributed by atoms with E-state index in [1.165, 1.54) is 11.8 Å². The Bertz CT molecular complexity index is 627. The Hall–Kier alpha value is -2.02. The molecule has 1 heterocycles. The number of aromatic nitrogens is 3. The number of carbonyl (C=O) groups excluding carboxylic acids is 1. The molecule has 0 spiro atoms. The van der Waals surface area contributed by atoms with Gasteiger partial charge in [0.2, 0.25) is 11.1 Å². The maximum absolute atomic E-state index is 11.8. The van der Waals surface area contributed by atoms with E-state index in [-0.39, 0.29) is 11.9 Å². The Morgan fingerprint density at radius 1 is 1.39 bits per heavy atom. The second kappa shape index (κ2) is 8.57. The van der Waals surface area contributed by atoms with Crippen LogP contribution in [0.15, 0.2) is 29.4 Å². The summed E-state index contributed by atoms with van der Waals surface area (Å²) in [6, 6.07) is 7.76. The maximum Gasteiger partial charge on any atom is 0.230 e. The van der Waals surface area contributed by atoms with Crippen molar-refractivity contribution in [2.45, 2.75) is 37.9 Å². The lowest BCUT2D eigenvalue weighted by Gasteiger charge is -2.11. The standard InChI is InChI=1S/C16H22N4O2S/c1-4-5-11(2)17-14(21)10-23-16-18-15(19-20-16)12-6-8-13(22-3)9-7-12/h6-9,11H,4-5,10H2,1-3H3,(H,17,21)(H,18,19,20). The van der Waals surface area contributed by atoms with Crippen LogP contribution in [0.1, 0.15) is 26.7 Å². The normalized spacial score (nSPS) is 12.0. The molecule has 0 aliphatic heterocycles. The summed E-state index contributed by atoms with van der Waals surface area (Å²) < 4.78 is 5.13. The molecule has 6 nitrogen and oxygen atoms in total. The highest BCUT2D eigenvalue weighted by atomic mass is 32.2. The predicted octanol–water partition coefficient (Wildman–Crippen LogP) is 2.88. The van der Waals surface area contributed by atoms with Crippen molar-refractivity contribution in [3.63, 3.8) is 0 Å². The summed E-state index contributed by atoms with van der Waals surface area (Å²) in [5.41, 5.74) is 0.922. The van der Waals surface area contributed by atoms with E-state index in [1.54, 1.807) is 7.11 Å². The number of methoxy groups -OCH3 is 1. The number of nitrogens with one attached hydrogen (secondary N) is 2. The van der Waals surface area contributed by atoms with Crippen LogP contribution in [0.5, 0.6) is 5.75 Å². The van der Waals surface area contributed by atoms with Crippen molar-refractivity contribution in [1.29, 1.82) is 0 Å². The molecular formula is C16H22N4O2S. The van der Waals surface area contributed by atoms with Gasteiger partial charge in [0.1, 0.15) is 5.75 Å². The van der Waals surface area contributed by atoms with E-state index in [2.05, 4.69) is 27.4 Å². The van der Waals surface area contributed by atoms with Gasteiger partial charge in [0.25, 0.3) is 0 Å². The second-order valence-corrected chi connectivity index (χ2v) is 6.18. The van der Waals surface area contributed by atoms with Gasteiger partial charge in [-0.3, -0.25) is 9.89 Å². The number of H-pyrrole nitrogens is 1. The van der Waals surface area contributed by atoms with Crippen LogP contribution >= 0.6 is 11.8 Å². The fourth-order valence-electron chi connectivity index (χ4n) is 2.14. The topological polar surface area (TPSA) is 79.9 Å². The Balaban J connectivity index is 1.88. The molecule has 0 fully saturated rings. The number of benzene rings is 1. The second-order valence-electron chi connectivity index (χ2n) is 5.24. The number of aromatic amines is 1. The zero-order valence-electron chi connectivity index (χ0n) is 13.6. The molecule has 1 atom stereocenters. The van der Waals surface area contributed by atoms with Crippen molar-refractivity contribution < 1.29 is 9.53 Å². The summed E-state index contributed by atoms with van der Waals surface area (Å²) in [6.45, 7) is 4.12. The zero-order chi connectivity index (χ0) is 16.7. The van der Waals surface area contributed by atoms with Crippen LogP contribution in [0.2, 0.25) is 0 Å². The lowest BCUT2D eigenvalue weighted by molar-refractivity contribution is -0.119. The van der Waals surface area contributed by atoms with Gasteiger partial charge in [-0.1, -0.05) is 25.1 Å². The molecule has 1 aromatic heterocycles. The van der Waals surface area contributed by atoms with Crippen LogP contribution in [-0.4, -0.2) is 40.0 Å². The first-order chi connectivity index (χ1) is 11.1. The minimum Gasteiger partial charge on any atom is -0.497 e. The number of hydrogen-bond donors (Lipinski definition) is 2. The van der Waals surface area contributed by atoms with Gasteiger partial charge in [0.15, 0.2) is 5.82 Å². The average molecular weight is 334 g/mol. The molecule has 0 aliphatic rings. The first-order valence-electron chi connectivity index (χ1n) is 7.61. The number of nitrogens with zero attached hydrogens (tertiary/aromatic N) is 2. The van der Waals surface area contributed by atoms with Gasteiger partial charge in [-0.15, -0.1) is 5.10 Å². The Labute approximate surface area is 140 Å². The zero-order valence-corrected chi connectivity index (χ0v) is 14.4. The number of thioether (sulfide) groups is 1. The molecule has 0 aliphatic carbocycles. The summed E-state index contributed by atoms with van der Waals surface area (Å²) in [4.78, 5) is 16.2. The molecule has 23 heavy (non-hydrogen) atoms. The van der Waals surface area contributed by atoms with Gasteiger partial charge >= 0.3 is 0 Å². The van der Waals surface area contributed by atoms with E-state index in [0.29, 0.717) is 16.7 Å². The highest BCUT2D eigenvalue weighted by molar-refractivity contribution is 7.99. The molecule has 1 unspecified atom stereocenters. The summed E-state index contributed by atoms with van der Waals surface area (Å²) in [5, 5.41) is 10.6. The van der Waals surface area contributed by atoms with Crippen molar-refractivity contribution in [3.05, 3.63) is 24.3 Å². The van der Waals surface area contributed by atoms with Crippen LogP contribution in [0.3, 0.4) is 0 Å². The summed E-state index contributed by atoms with van der Waals surface area (Å²) in [7, 11) is 1.63. The quantitative estimate of drug-likeness (QED) is 0.726. The third kappa shape index (κ3) is 5.28. The van der Waals surface area contributed by atoms with Gasteiger partial charge in [-0.2, -0.15) is 0 Å². The number of amides is 1. The van der Waals surface area contributed by atoms with Crippen LogP contribution in [0, 0.1) is 0 Å². The molecule has 2 rings (SSSR count). The number of rotatable bonds is 8. The number of carbonyl (C=O) groups is 1. The molecular weight excluding hydrogens is 312 g/mol. The third-order valence-electron chi connectivity index (χ3n) is 3.29. The highest BCUT2D eigenvalue weighted by Crippen LogP contribution is 2.21. The van der Waals surface area contributed by atoms with Crippen LogP contribution < -0.4 is 10.1 Å². The first-order valence-corrected chi connectivity index (χ1v) is 8.60. The van der Waals surface area contributed by atoms with Crippen molar-refractivity contribution in [3.8, 4) is 17.1 Å². The van der Waals surface area contributed by atoms with Crippen LogP contribution in [0.25, 0.3) is 11.4 Å². The SMILES string of the molecule is CCCC(C)NC(=O)CSc1n[nH]c(-c2ccc(OC)cc2)n1. The monoisotopic (exact) mass is 334 g/mol. The lowest BCUT2D eigenvalue weighted by Crippen LogP contribution is -2.33. The Morgan fingerprint density at radius 3 is 2.78 bits per heavy atom. The van der Waals surface area contributed by atoms with E-state index in [0.717, 1.165) is 24.2 Å². The minimum atomic E-state index is 0.00625. The Morgan fingerprint density at radius 2 is 2.13 bits per heavy atom. The van der Waals surface area contributed by atoms with Gasteiger partial charge in [0.05, 0.1) is 12.9 Å². The molecule has 2 N–H and O–H groups in total. The fourth-order valence-corrected chi connectivity index (χ4v) is 2.75. The number of ether oxygens (including phenoxy) is 1. The van der Waals surface area contributed by atoms with Gasteiger partial charge in [-0.05, 0) is 37.6 Å². The molecule has 0 radical (unpaired) electrons. The van der Waals surface area contributed by atoms with Crippen molar-refractivity contribution in [2.24, 2.45) is 0 Å². The molecule has 0 saturated carbocycles. The first kappa shape index (κ1) is 17.3. The molecule has 1 aromatic carbocycles. The molecule has 2 aromatic rings. The lowest BCUT2D eigenvalue weighted by atomic mass is 10.2. The molecule has 1 amide bonds.